The molecule has 27 heavy (non-hydrogen) atoms. The van der Waals surface area contributed by atoms with Crippen LogP contribution in [0.5, 0.6) is 11.5 Å². The number of rotatable bonds is 10. The third kappa shape index (κ3) is 6.77. The van der Waals surface area contributed by atoms with Gasteiger partial charge in [0.1, 0.15) is 11.5 Å². The minimum Gasteiger partial charge on any atom is -0.494 e. The lowest BCUT2D eigenvalue weighted by molar-refractivity contribution is 0.0398. The van der Waals surface area contributed by atoms with Crippen molar-refractivity contribution in [2.24, 2.45) is 0 Å². The van der Waals surface area contributed by atoms with Gasteiger partial charge in [-0.3, -0.25) is 0 Å². The van der Waals surface area contributed by atoms with Crippen molar-refractivity contribution >= 4 is 11.9 Å². The average molecular weight is 370 g/mol. The van der Waals surface area contributed by atoms with Crippen LogP contribution in [0.25, 0.3) is 0 Å². The van der Waals surface area contributed by atoms with Crippen LogP contribution in [-0.2, 0) is 4.74 Å². The van der Waals surface area contributed by atoms with E-state index in [0.717, 1.165) is 25.7 Å². The van der Waals surface area contributed by atoms with Crippen molar-refractivity contribution in [2.45, 2.75) is 39.5 Å². The van der Waals surface area contributed by atoms with Gasteiger partial charge in [0.15, 0.2) is 0 Å². The van der Waals surface area contributed by atoms with Crippen molar-refractivity contribution in [1.82, 2.24) is 0 Å². The van der Waals surface area contributed by atoms with E-state index < -0.39 is 11.9 Å². The van der Waals surface area contributed by atoms with E-state index >= 15 is 0 Å². The molecular formula is C22H26O5. The van der Waals surface area contributed by atoms with Gasteiger partial charge in [-0.05, 0) is 61.4 Å². The maximum atomic E-state index is 12.1. The van der Waals surface area contributed by atoms with Gasteiger partial charge >= 0.3 is 11.9 Å². The number of carbonyl (C=O) groups is 2. The van der Waals surface area contributed by atoms with Crippen molar-refractivity contribution in [3.8, 4) is 11.5 Å². The lowest BCUT2D eigenvalue weighted by Gasteiger charge is -2.07. The van der Waals surface area contributed by atoms with Gasteiger partial charge in [0.25, 0.3) is 0 Å². The lowest BCUT2D eigenvalue weighted by atomic mass is 10.2. The smallest absolute Gasteiger partial charge is 0.346 e. The van der Waals surface area contributed by atoms with E-state index in [1.165, 1.54) is 0 Å². The highest BCUT2D eigenvalue weighted by Gasteiger charge is 2.15. The number of ether oxygens (including phenoxy) is 3. The fourth-order valence-corrected chi connectivity index (χ4v) is 2.25. The molecule has 0 radical (unpaired) electrons. The molecule has 2 aromatic rings. The van der Waals surface area contributed by atoms with Crippen LogP contribution in [0.2, 0.25) is 0 Å². The summed E-state index contributed by atoms with van der Waals surface area (Å²) in [6, 6.07) is 13.1. The van der Waals surface area contributed by atoms with Crippen molar-refractivity contribution < 1.29 is 23.8 Å². The van der Waals surface area contributed by atoms with Gasteiger partial charge in [-0.2, -0.15) is 0 Å². The first-order valence-corrected chi connectivity index (χ1v) is 9.36. The van der Waals surface area contributed by atoms with Gasteiger partial charge in [0.05, 0.1) is 24.3 Å². The zero-order valence-corrected chi connectivity index (χ0v) is 15.9. The summed E-state index contributed by atoms with van der Waals surface area (Å²) in [6.07, 6.45) is 4.05. The number of benzene rings is 2. The van der Waals surface area contributed by atoms with E-state index in [-0.39, 0.29) is 0 Å². The van der Waals surface area contributed by atoms with Crippen molar-refractivity contribution in [1.29, 1.82) is 0 Å². The fourth-order valence-electron chi connectivity index (χ4n) is 2.25. The Bertz CT molecular complexity index is 656. The van der Waals surface area contributed by atoms with Gasteiger partial charge in [-0.15, -0.1) is 0 Å². The maximum absolute atomic E-state index is 12.1. The Labute approximate surface area is 160 Å². The first-order chi connectivity index (χ1) is 13.1. The third-order valence-corrected chi connectivity index (χ3v) is 3.90. The summed E-state index contributed by atoms with van der Waals surface area (Å²) in [4.78, 5) is 24.3. The Morgan fingerprint density at radius 3 is 1.37 bits per heavy atom. The van der Waals surface area contributed by atoms with Crippen LogP contribution in [0.3, 0.4) is 0 Å². The van der Waals surface area contributed by atoms with Crippen molar-refractivity contribution in [3.05, 3.63) is 59.7 Å². The summed E-state index contributed by atoms with van der Waals surface area (Å²) in [7, 11) is 0. The predicted molar refractivity (Wildman–Crippen MR) is 103 cm³/mol. The molecule has 0 bridgehead atoms. The molecular weight excluding hydrogens is 344 g/mol. The van der Waals surface area contributed by atoms with Gasteiger partial charge in [0.2, 0.25) is 0 Å². The first kappa shape index (κ1) is 20.5. The molecule has 2 rings (SSSR count). The van der Waals surface area contributed by atoms with Crippen LogP contribution < -0.4 is 9.47 Å². The van der Waals surface area contributed by atoms with E-state index in [1.807, 2.05) is 0 Å². The topological polar surface area (TPSA) is 61.8 Å². The predicted octanol–water partition coefficient (Wildman–Crippen LogP) is 5.04. The SMILES string of the molecule is CCCCOc1ccc(C(=O)OC(=O)c2ccc(OCCCC)cc2)cc1. The molecule has 0 aliphatic carbocycles. The molecule has 0 unspecified atom stereocenters. The average Bonchev–Trinajstić information content (AvgIpc) is 2.69. The number of carbonyl (C=O) groups excluding carboxylic acids is 2. The van der Waals surface area contributed by atoms with Crippen molar-refractivity contribution in [3.63, 3.8) is 0 Å². The van der Waals surface area contributed by atoms with E-state index in [1.54, 1.807) is 48.5 Å². The Morgan fingerprint density at radius 2 is 1.04 bits per heavy atom. The van der Waals surface area contributed by atoms with Gasteiger partial charge in [-0.1, -0.05) is 26.7 Å². The normalized spacial score (nSPS) is 10.3. The molecule has 0 heterocycles. The second-order valence-electron chi connectivity index (χ2n) is 6.13. The highest BCUT2D eigenvalue weighted by Crippen LogP contribution is 2.16. The summed E-state index contributed by atoms with van der Waals surface area (Å²) in [5, 5.41) is 0. The monoisotopic (exact) mass is 370 g/mol. The Hall–Kier alpha value is -2.82. The van der Waals surface area contributed by atoms with Crippen LogP contribution in [-0.4, -0.2) is 25.2 Å². The molecule has 0 saturated carbocycles. The Balaban J connectivity index is 1.88. The van der Waals surface area contributed by atoms with Crippen LogP contribution in [0.15, 0.2) is 48.5 Å². The zero-order valence-electron chi connectivity index (χ0n) is 15.9. The third-order valence-electron chi connectivity index (χ3n) is 3.90. The molecule has 0 aromatic heterocycles. The summed E-state index contributed by atoms with van der Waals surface area (Å²) in [6.45, 7) is 5.45. The first-order valence-electron chi connectivity index (χ1n) is 9.36. The quantitative estimate of drug-likeness (QED) is 0.333. The molecule has 5 nitrogen and oxygen atoms in total. The Kier molecular flexibility index (Phi) is 8.36. The summed E-state index contributed by atoms with van der Waals surface area (Å²) in [5.41, 5.74) is 0.594. The minimum absolute atomic E-state index is 0.297. The van der Waals surface area contributed by atoms with Gasteiger partial charge in [0, 0.05) is 0 Å². The molecule has 144 valence electrons. The number of hydrogen-bond acceptors (Lipinski definition) is 5. The second kappa shape index (κ2) is 11.0. The van der Waals surface area contributed by atoms with Crippen LogP contribution >= 0.6 is 0 Å². The highest BCUT2D eigenvalue weighted by molar-refractivity contribution is 6.02. The van der Waals surface area contributed by atoms with Crippen molar-refractivity contribution in [2.75, 3.05) is 13.2 Å². The number of esters is 2. The highest BCUT2D eigenvalue weighted by atomic mass is 16.6. The van der Waals surface area contributed by atoms with E-state index in [4.69, 9.17) is 14.2 Å². The zero-order chi connectivity index (χ0) is 19.5. The molecule has 0 fully saturated rings. The molecule has 5 heteroatoms. The summed E-state index contributed by atoms with van der Waals surface area (Å²) < 4.78 is 16.0. The molecule has 0 aliphatic rings. The van der Waals surface area contributed by atoms with E-state index in [0.29, 0.717) is 35.8 Å². The lowest BCUT2D eigenvalue weighted by Crippen LogP contribution is -2.12. The molecule has 2 aromatic carbocycles. The maximum Gasteiger partial charge on any atom is 0.346 e. The van der Waals surface area contributed by atoms with Gasteiger partial charge in [-0.25, -0.2) is 9.59 Å². The van der Waals surface area contributed by atoms with E-state index in [9.17, 15) is 9.59 Å². The fraction of sp³-hybridized carbons (Fsp3) is 0.364. The second-order valence-corrected chi connectivity index (χ2v) is 6.13. The molecule has 0 spiro atoms. The van der Waals surface area contributed by atoms with E-state index in [2.05, 4.69) is 13.8 Å². The number of unbranched alkanes of at least 4 members (excludes halogenated alkanes) is 2. The van der Waals surface area contributed by atoms with Crippen LogP contribution in [0.1, 0.15) is 60.2 Å². The standard InChI is InChI=1S/C22H26O5/c1-3-5-15-25-19-11-7-17(8-12-19)21(23)27-22(24)18-9-13-20(14-10-18)26-16-6-4-2/h7-14H,3-6,15-16H2,1-2H3. The molecule has 0 amide bonds. The van der Waals surface area contributed by atoms with Gasteiger partial charge < -0.3 is 14.2 Å². The van der Waals surface area contributed by atoms with Crippen LogP contribution in [0.4, 0.5) is 0 Å². The molecule has 0 atom stereocenters. The minimum atomic E-state index is -0.691. The van der Waals surface area contributed by atoms with Crippen LogP contribution in [0, 0.1) is 0 Å². The molecule has 0 N–H and O–H groups in total. The molecule has 0 aliphatic heterocycles. The molecule has 0 saturated heterocycles. The summed E-state index contributed by atoms with van der Waals surface area (Å²) >= 11 is 0. The summed E-state index contributed by atoms with van der Waals surface area (Å²) in [5.74, 6) is -0.0123. The Morgan fingerprint density at radius 1 is 0.667 bits per heavy atom. The number of hydrogen-bond donors (Lipinski definition) is 0. The largest absolute Gasteiger partial charge is 0.494 e.